The van der Waals surface area contributed by atoms with Crippen molar-refractivity contribution >= 4 is 5.97 Å². The molecule has 1 N–H and O–H groups in total. The Bertz CT molecular complexity index is 910. The van der Waals surface area contributed by atoms with Gasteiger partial charge in [-0.25, -0.2) is 4.79 Å². The Morgan fingerprint density at radius 3 is 1.96 bits per heavy atom. The van der Waals surface area contributed by atoms with Crippen molar-refractivity contribution in [3.63, 3.8) is 0 Å². The van der Waals surface area contributed by atoms with Crippen LogP contribution in [0.1, 0.15) is 28.2 Å². The van der Waals surface area contributed by atoms with Crippen LogP contribution in [0.25, 0.3) is 0 Å². The van der Waals surface area contributed by atoms with E-state index in [1.165, 1.54) is 0 Å². The number of ether oxygens (including phenoxy) is 1. The SMILES string of the molecule is N#Cc1ccc(C(c2ccccc2)c2ccc(OCC(=O)O)cc2)cc1. The van der Waals surface area contributed by atoms with Crippen LogP contribution < -0.4 is 4.74 Å². The zero-order valence-corrected chi connectivity index (χ0v) is 14.0. The maximum absolute atomic E-state index is 10.6. The van der Waals surface area contributed by atoms with Crippen molar-refractivity contribution in [1.82, 2.24) is 0 Å². The average molecular weight is 343 g/mol. The van der Waals surface area contributed by atoms with Gasteiger partial charge in [-0.1, -0.05) is 54.6 Å². The van der Waals surface area contributed by atoms with Gasteiger partial charge < -0.3 is 9.84 Å². The first-order chi connectivity index (χ1) is 12.7. The monoisotopic (exact) mass is 343 g/mol. The summed E-state index contributed by atoms with van der Waals surface area (Å²) < 4.78 is 5.21. The third-order valence-electron chi connectivity index (χ3n) is 4.08. The molecule has 0 fully saturated rings. The molecule has 0 amide bonds. The molecule has 0 aliphatic carbocycles. The molecule has 4 heteroatoms. The Kier molecular flexibility index (Phi) is 5.31. The first-order valence-corrected chi connectivity index (χ1v) is 8.17. The molecular weight excluding hydrogens is 326 g/mol. The molecule has 1 unspecified atom stereocenters. The van der Waals surface area contributed by atoms with E-state index in [0.717, 1.165) is 16.7 Å². The Hall–Kier alpha value is -3.58. The minimum absolute atomic E-state index is 0.0115. The van der Waals surface area contributed by atoms with Gasteiger partial charge in [0.1, 0.15) is 5.75 Å². The molecular formula is C22H17NO3. The smallest absolute Gasteiger partial charge is 0.341 e. The summed E-state index contributed by atoms with van der Waals surface area (Å²) in [7, 11) is 0. The topological polar surface area (TPSA) is 70.3 Å². The summed E-state index contributed by atoms with van der Waals surface area (Å²) in [6, 6.07) is 27.2. The molecule has 0 aliphatic rings. The summed E-state index contributed by atoms with van der Waals surface area (Å²) in [6.45, 7) is -0.364. The van der Waals surface area contributed by atoms with Crippen molar-refractivity contribution in [2.45, 2.75) is 5.92 Å². The van der Waals surface area contributed by atoms with Gasteiger partial charge in [-0.3, -0.25) is 0 Å². The number of carboxylic acids is 1. The van der Waals surface area contributed by atoms with E-state index < -0.39 is 5.97 Å². The van der Waals surface area contributed by atoms with Crippen molar-refractivity contribution in [2.24, 2.45) is 0 Å². The molecule has 0 aliphatic heterocycles. The van der Waals surface area contributed by atoms with Crippen LogP contribution in [0.5, 0.6) is 5.75 Å². The molecule has 26 heavy (non-hydrogen) atoms. The number of rotatable bonds is 6. The highest BCUT2D eigenvalue weighted by molar-refractivity contribution is 5.68. The standard InChI is InChI=1S/C22H17NO3/c23-14-16-6-8-18(9-7-16)22(17-4-2-1-3-5-17)19-10-12-20(13-11-19)26-15-21(24)25/h1-13,22H,15H2,(H,24,25). The number of nitrogens with zero attached hydrogens (tertiary/aromatic N) is 1. The fraction of sp³-hybridized carbons (Fsp3) is 0.0909. The number of aliphatic carboxylic acids is 1. The van der Waals surface area contributed by atoms with Crippen LogP contribution in [-0.4, -0.2) is 17.7 Å². The van der Waals surface area contributed by atoms with Gasteiger partial charge in [0.2, 0.25) is 0 Å². The summed E-state index contributed by atoms with van der Waals surface area (Å²) in [4.78, 5) is 10.6. The Morgan fingerprint density at radius 2 is 1.42 bits per heavy atom. The molecule has 0 saturated carbocycles. The average Bonchev–Trinajstić information content (AvgIpc) is 2.69. The molecule has 4 nitrogen and oxygen atoms in total. The summed E-state index contributed by atoms with van der Waals surface area (Å²) in [5, 5.41) is 17.7. The van der Waals surface area contributed by atoms with E-state index >= 15 is 0 Å². The van der Waals surface area contributed by atoms with Gasteiger partial charge in [0.25, 0.3) is 0 Å². The quantitative estimate of drug-likeness (QED) is 0.681. The Labute approximate surface area is 151 Å². The van der Waals surface area contributed by atoms with Crippen LogP contribution in [0.3, 0.4) is 0 Å². The molecule has 0 aromatic heterocycles. The zero-order chi connectivity index (χ0) is 18.4. The molecule has 0 heterocycles. The van der Waals surface area contributed by atoms with Gasteiger partial charge in [-0.15, -0.1) is 0 Å². The maximum atomic E-state index is 10.6. The van der Waals surface area contributed by atoms with Gasteiger partial charge in [0, 0.05) is 5.92 Å². The second kappa shape index (κ2) is 8.00. The maximum Gasteiger partial charge on any atom is 0.341 e. The predicted molar refractivity (Wildman–Crippen MR) is 98.1 cm³/mol. The summed E-state index contributed by atoms with van der Waals surface area (Å²) in [6.07, 6.45) is 0. The number of hydrogen-bond acceptors (Lipinski definition) is 3. The van der Waals surface area contributed by atoms with Gasteiger partial charge >= 0.3 is 5.97 Å². The summed E-state index contributed by atoms with van der Waals surface area (Å²) >= 11 is 0. The second-order valence-corrected chi connectivity index (χ2v) is 5.83. The number of carboxylic acid groups (broad SMARTS) is 1. The lowest BCUT2D eigenvalue weighted by Gasteiger charge is -2.19. The van der Waals surface area contributed by atoms with E-state index in [1.807, 2.05) is 54.6 Å². The molecule has 128 valence electrons. The van der Waals surface area contributed by atoms with E-state index in [2.05, 4.69) is 18.2 Å². The van der Waals surface area contributed by atoms with Crippen LogP contribution in [0.2, 0.25) is 0 Å². The van der Waals surface area contributed by atoms with E-state index in [4.69, 9.17) is 15.1 Å². The van der Waals surface area contributed by atoms with Crippen molar-refractivity contribution in [1.29, 1.82) is 5.26 Å². The highest BCUT2D eigenvalue weighted by Gasteiger charge is 2.16. The van der Waals surface area contributed by atoms with Gasteiger partial charge in [-0.05, 0) is 41.0 Å². The highest BCUT2D eigenvalue weighted by atomic mass is 16.5. The third kappa shape index (κ3) is 4.08. The van der Waals surface area contributed by atoms with Crippen LogP contribution in [0.4, 0.5) is 0 Å². The normalized spacial score (nSPS) is 11.3. The van der Waals surface area contributed by atoms with E-state index in [9.17, 15) is 4.79 Å². The number of nitriles is 1. The molecule has 3 rings (SSSR count). The Balaban J connectivity index is 1.95. The lowest BCUT2D eigenvalue weighted by Crippen LogP contribution is -2.09. The molecule has 3 aromatic carbocycles. The molecule has 0 spiro atoms. The second-order valence-electron chi connectivity index (χ2n) is 5.83. The number of benzene rings is 3. The molecule has 1 atom stereocenters. The van der Waals surface area contributed by atoms with E-state index in [1.54, 1.807) is 12.1 Å². The minimum atomic E-state index is -1.01. The first-order valence-electron chi connectivity index (χ1n) is 8.17. The predicted octanol–water partition coefficient (Wildman–Crippen LogP) is 4.20. The zero-order valence-electron chi connectivity index (χ0n) is 14.0. The van der Waals surface area contributed by atoms with Crippen molar-refractivity contribution < 1.29 is 14.6 Å². The van der Waals surface area contributed by atoms with Crippen molar-refractivity contribution in [2.75, 3.05) is 6.61 Å². The van der Waals surface area contributed by atoms with E-state index in [0.29, 0.717) is 11.3 Å². The lowest BCUT2D eigenvalue weighted by molar-refractivity contribution is -0.139. The van der Waals surface area contributed by atoms with Crippen LogP contribution in [-0.2, 0) is 4.79 Å². The number of hydrogen-bond donors (Lipinski definition) is 1. The largest absolute Gasteiger partial charge is 0.482 e. The molecule has 0 saturated heterocycles. The minimum Gasteiger partial charge on any atom is -0.482 e. The first kappa shape index (κ1) is 17.2. The third-order valence-corrected chi connectivity index (χ3v) is 4.08. The highest BCUT2D eigenvalue weighted by Crippen LogP contribution is 2.32. The summed E-state index contributed by atoms with van der Waals surface area (Å²) in [5.74, 6) is -0.478. The van der Waals surface area contributed by atoms with Crippen molar-refractivity contribution in [3.05, 3.63) is 101 Å². The molecule has 0 radical (unpaired) electrons. The Morgan fingerprint density at radius 1 is 0.885 bits per heavy atom. The van der Waals surface area contributed by atoms with Crippen LogP contribution in [0.15, 0.2) is 78.9 Å². The molecule has 3 aromatic rings. The summed E-state index contributed by atoms with van der Waals surface area (Å²) in [5.41, 5.74) is 3.90. The number of carbonyl (C=O) groups is 1. The fourth-order valence-corrected chi connectivity index (χ4v) is 2.87. The van der Waals surface area contributed by atoms with Gasteiger partial charge in [0.05, 0.1) is 11.6 Å². The lowest BCUT2D eigenvalue weighted by atomic mass is 9.85. The van der Waals surface area contributed by atoms with Gasteiger partial charge in [0.15, 0.2) is 6.61 Å². The van der Waals surface area contributed by atoms with Crippen LogP contribution >= 0.6 is 0 Å². The van der Waals surface area contributed by atoms with Crippen molar-refractivity contribution in [3.8, 4) is 11.8 Å². The fourth-order valence-electron chi connectivity index (χ4n) is 2.87. The van der Waals surface area contributed by atoms with Gasteiger partial charge in [-0.2, -0.15) is 5.26 Å². The van der Waals surface area contributed by atoms with Crippen LogP contribution in [0, 0.1) is 11.3 Å². The van der Waals surface area contributed by atoms with E-state index in [-0.39, 0.29) is 12.5 Å². The molecule has 0 bridgehead atoms.